The molecule has 0 bridgehead atoms. The van der Waals surface area contributed by atoms with Gasteiger partial charge in [-0.05, 0) is 19.2 Å². The molecule has 1 nitrogen and oxygen atoms in total. The lowest BCUT2D eigenvalue weighted by Crippen LogP contribution is -2.31. The van der Waals surface area contributed by atoms with Gasteiger partial charge in [-0.15, -0.1) is 0 Å². The number of nitrogens with one attached hydrogen (secondary N) is 1. The average molecular weight is 161 g/mol. The molecule has 2 unspecified atom stereocenters. The molecule has 10 heavy (non-hydrogen) atoms. The van der Waals surface area contributed by atoms with E-state index in [2.05, 4.69) is 33.0 Å². The van der Waals surface area contributed by atoms with Crippen LogP contribution < -0.4 is 5.32 Å². The van der Waals surface area contributed by atoms with E-state index >= 15 is 0 Å². The van der Waals surface area contributed by atoms with E-state index in [0.717, 1.165) is 5.25 Å². The third-order valence-corrected chi connectivity index (χ3v) is 3.03. The fourth-order valence-corrected chi connectivity index (χ4v) is 2.01. The van der Waals surface area contributed by atoms with Gasteiger partial charge < -0.3 is 5.32 Å². The zero-order valence-electron chi connectivity index (χ0n) is 7.64. The van der Waals surface area contributed by atoms with Crippen molar-refractivity contribution in [3.63, 3.8) is 0 Å². The summed E-state index contributed by atoms with van der Waals surface area (Å²) in [4.78, 5) is 0. The Morgan fingerprint density at radius 1 is 1.10 bits per heavy atom. The van der Waals surface area contributed by atoms with E-state index in [0.29, 0.717) is 11.3 Å². The Labute approximate surface area is 69.0 Å². The molecule has 0 amide bonds. The van der Waals surface area contributed by atoms with E-state index in [-0.39, 0.29) is 0 Å². The zero-order valence-corrected chi connectivity index (χ0v) is 8.46. The van der Waals surface area contributed by atoms with Gasteiger partial charge in [0.2, 0.25) is 0 Å². The minimum atomic E-state index is 0.618. The van der Waals surface area contributed by atoms with Crippen molar-refractivity contribution in [2.24, 2.45) is 0 Å². The Hall–Kier alpha value is 0.310. The minimum absolute atomic E-state index is 0.618. The van der Waals surface area contributed by atoms with E-state index in [1.54, 1.807) is 0 Å². The molecule has 0 rings (SSSR count). The van der Waals surface area contributed by atoms with Gasteiger partial charge in [-0.3, -0.25) is 0 Å². The van der Waals surface area contributed by atoms with Gasteiger partial charge in [0.1, 0.15) is 0 Å². The smallest absolute Gasteiger partial charge is 0.0172 e. The quantitative estimate of drug-likeness (QED) is 0.678. The van der Waals surface area contributed by atoms with Crippen LogP contribution in [0.2, 0.25) is 0 Å². The number of hydrogen-bond donors (Lipinski definition) is 1. The van der Waals surface area contributed by atoms with Crippen LogP contribution in [0.4, 0.5) is 0 Å². The lowest BCUT2D eigenvalue weighted by atomic mass is 10.3. The molecule has 0 aliphatic rings. The van der Waals surface area contributed by atoms with Gasteiger partial charge in [0.25, 0.3) is 0 Å². The maximum atomic E-state index is 3.25. The highest BCUT2D eigenvalue weighted by atomic mass is 32.2. The van der Waals surface area contributed by atoms with E-state index in [9.17, 15) is 0 Å². The molecule has 0 aromatic heterocycles. The van der Waals surface area contributed by atoms with Crippen LogP contribution in [0, 0.1) is 0 Å². The van der Waals surface area contributed by atoms with Gasteiger partial charge in [0.15, 0.2) is 0 Å². The molecular weight excluding hydrogens is 142 g/mol. The van der Waals surface area contributed by atoms with Gasteiger partial charge in [0, 0.05) is 11.3 Å². The molecule has 1 N–H and O–H groups in total. The average Bonchev–Trinajstić information content (AvgIpc) is 1.85. The zero-order chi connectivity index (χ0) is 8.15. The van der Waals surface area contributed by atoms with E-state index in [1.807, 2.05) is 18.8 Å². The highest BCUT2D eigenvalue weighted by Gasteiger charge is 2.11. The van der Waals surface area contributed by atoms with Crippen molar-refractivity contribution in [3.05, 3.63) is 0 Å². The number of rotatable bonds is 4. The van der Waals surface area contributed by atoms with Crippen LogP contribution in [0.25, 0.3) is 0 Å². The topological polar surface area (TPSA) is 12.0 Å². The van der Waals surface area contributed by atoms with Crippen LogP contribution in [-0.2, 0) is 0 Å². The Morgan fingerprint density at radius 3 is 1.90 bits per heavy atom. The Kier molecular flexibility index (Phi) is 5.18. The standard InChI is InChI=1S/C8H19NS/c1-6(2)10-8(4)7(3)9-5/h6-9H,1-5H3. The monoisotopic (exact) mass is 161 g/mol. The predicted octanol–water partition coefficient (Wildman–Crippen LogP) is 2.12. The van der Waals surface area contributed by atoms with Crippen molar-refractivity contribution in [1.82, 2.24) is 5.32 Å². The van der Waals surface area contributed by atoms with Crippen LogP contribution >= 0.6 is 11.8 Å². The summed E-state index contributed by atoms with van der Waals surface area (Å²) >= 11 is 2.02. The summed E-state index contributed by atoms with van der Waals surface area (Å²) in [6.07, 6.45) is 0. The molecule has 62 valence electrons. The third kappa shape index (κ3) is 4.18. The van der Waals surface area contributed by atoms with Crippen molar-refractivity contribution in [1.29, 1.82) is 0 Å². The largest absolute Gasteiger partial charge is 0.316 e. The molecule has 0 heterocycles. The number of thioether (sulfide) groups is 1. The molecule has 0 aromatic rings. The first-order valence-corrected chi connectivity index (χ1v) is 4.85. The lowest BCUT2D eigenvalue weighted by molar-refractivity contribution is 0.604. The van der Waals surface area contributed by atoms with Crippen molar-refractivity contribution in [3.8, 4) is 0 Å². The maximum Gasteiger partial charge on any atom is 0.0172 e. The molecule has 0 spiro atoms. The van der Waals surface area contributed by atoms with Crippen molar-refractivity contribution in [2.75, 3.05) is 7.05 Å². The Morgan fingerprint density at radius 2 is 1.60 bits per heavy atom. The summed E-state index contributed by atoms with van der Waals surface area (Å²) in [5.41, 5.74) is 0. The Bertz CT molecular complexity index is 83.3. The second-order valence-electron chi connectivity index (χ2n) is 2.97. The number of hydrogen-bond acceptors (Lipinski definition) is 2. The van der Waals surface area contributed by atoms with Gasteiger partial charge in [-0.1, -0.05) is 20.8 Å². The summed E-state index contributed by atoms with van der Waals surface area (Å²) in [6, 6.07) is 0.618. The van der Waals surface area contributed by atoms with E-state index in [1.165, 1.54) is 0 Å². The summed E-state index contributed by atoms with van der Waals surface area (Å²) < 4.78 is 0. The summed E-state index contributed by atoms with van der Waals surface area (Å²) in [6.45, 7) is 8.97. The van der Waals surface area contributed by atoms with Gasteiger partial charge >= 0.3 is 0 Å². The second-order valence-corrected chi connectivity index (χ2v) is 4.93. The van der Waals surface area contributed by atoms with Crippen LogP contribution in [0.1, 0.15) is 27.7 Å². The fourth-order valence-electron chi connectivity index (χ4n) is 0.782. The first-order chi connectivity index (χ1) is 4.57. The maximum absolute atomic E-state index is 3.25. The minimum Gasteiger partial charge on any atom is -0.316 e. The molecule has 0 saturated carbocycles. The molecule has 2 heteroatoms. The summed E-state index contributed by atoms with van der Waals surface area (Å²) in [7, 11) is 2.02. The first kappa shape index (κ1) is 10.3. The molecule has 0 aromatic carbocycles. The van der Waals surface area contributed by atoms with E-state index in [4.69, 9.17) is 0 Å². The van der Waals surface area contributed by atoms with Crippen LogP contribution in [0.15, 0.2) is 0 Å². The van der Waals surface area contributed by atoms with Crippen molar-refractivity contribution >= 4 is 11.8 Å². The van der Waals surface area contributed by atoms with Gasteiger partial charge in [-0.2, -0.15) is 11.8 Å². The SMILES string of the molecule is CNC(C)C(C)SC(C)C. The molecule has 0 saturated heterocycles. The summed E-state index contributed by atoms with van der Waals surface area (Å²) in [5, 5.41) is 4.70. The predicted molar refractivity (Wildman–Crippen MR) is 50.7 cm³/mol. The Balaban J connectivity index is 3.50. The molecule has 0 aliphatic carbocycles. The molecule has 0 radical (unpaired) electrons. The molecule has 2 atom stereocenters. The van der Waals surface area contributed by atoms with Gasteiger partial charge in [-0.25, -0.2) is 0 Å². The van der Waals surface area contributed by atoms with Crippen molar-refractivity contribution < 1.29 is 0 Å². The van der Waals surface area contributed by atoms with E-state index < -0.39 is 0 Å². The molecule has 0 aliphatic heterocycles. The van der Waals surface area contributed by atoms with Crippen LogP contribution in [-0.4, -0.2) is 23.6 Å². The lowest BCUT2D eigenvalue weighted by Gasteiger charge is -2.20. The third-order valence-electron chi connectivity index (χ3n) is 1.65. The fraction of sp³-hybridized carbons (Fsp3) is 1.00. The molecule has 0 fully saturated rings. The highest BCUT2D eigenvalue weighted by Crippen LogP contribution is 2.18. The van der Waals surface area contributed by atoms with Crippen molar-refractivity contribution in [2.45, 2.75) is 44.2 Å². The second kappa shape index (κ2) is 5.03. The normalized spacial score (nSPS) is 17.4. The van der Waals surface area contributed by atoms with Crippen LogP contribution in [0.5, 0.6) is 0 Å². The molecular formula is C8H19NS. The highest BCUT2D eigenvalue weighted by molar-refractivity contribution is 8.00. The van der Waals surface area contributed by atoms with Gasteiger partial charge in [0.05, 0.1) is 0 Å². The summed E-state index contributed by atoms with van der Waals surface area (Å²) in [5.74, 6) is 0. The van der Waals surface area contributed by atoms with Crippen LogP contribution in [0.3, 0.4) is 0 Å². The first-order valence-electron chi connectivity index (χ1n) is 3.90.